The van der Waals surface area contributed by atoms with Crippen LogP contribution in [0.5, 0.6) is 0 Å². The number of hydrogen-bond acceptors (Lipinski definition) is 6. The molecule has 1 aliphatic heterocycles. The van der Waals surface area contributed by atoms with Gasteiger partial charge in [-0.2, -0.15) is 0 Å². The Morgan fingerprint density at radius 3 is 2.50 bits per heavy atom. The molecule has 0 unspecified atom stereocenters. The first kappa shape index (κ1) is 16.8. The van der Waals surface area contributed by atoms with E-state index >= 15 is 0 Å². The molecule has 2 atom stereocenters. The minimum absolute atomic E-state index is 0.00530. The highest BCUT2D eigenvalue weighted by Crippen LogP contribution is 2.15. The van der Waals surface area contributed by atoms with E-state index in [4.69, 9.17) is 9.47 Å². The van der Waals surface area contributed by atoms with Gasteiger partial charge in [-0.15, -0.1) is 0 Å². The maximum Gasteiger partial charge on any atom is 0.240 e. The van der Waals surface area contributed by atoms with E-state index < -0.39 is 22.2 Å². The minimum atomic E-state index is -3.81. The number of carbonyl (C=O) groups excluding carboxylic acids is 1. The van der Waals surface area contributed by atoms with Gasteiger partial charge in [0.15, 0.2) is 0 Å². The van der Waals surface area contributed by atoms with Crippen LogP contribution < -0.4 is 10.0 Å². The van der Waals surface area contributed by atoms with Crippen molar-refractivity contribution in [2.45, 2.75) is 24.0 Å². The lowest BCUT2D eigenvalue weighted by atomic mass is 10.2. The average Bonchev–Trinajstić information content (AvgIpc) is 2.64. The van der Waals surface area contributed by atoms with Crippen LogP contribution in [0.3, 0.4) is 0 Å². The number of aliphatic hydroxyl groups excluding tert-OH is 1. The molecular formula is C13H18N2O6S. The molecule has 0 aliphatic carbocycles. The first-order valence-electron chi connectivity index (χ1n) is 6.62. The highest BCUT2D eigenvalue weighted by atomic mass is 32.2. The summed E-state index contributed by atoms with van der Waals surface area (Å²) in [5.74, 6) is -0.243. The first-order chi connectivity index (χ1) is 10.4. The van der Waals surface area contributed by atoms with Crippen LogP contribution in [0.4, 0.5) is 5.69 Å². The summed E-state index contributed by atoms with van der Waals surface area (Å²) in [5, 5.41) is 12.4. The highest BCUT2D eigenvalue weighted by Gasteiger charge is 2.28. The Labute approximate surface area is 128 Å². The summed E-state index contributed by atoms with van der Waals surface area (Å²) < 4.78 is 37.0. The van der Waals surface area contributed by atoms with Crippen molar-refractivity contribution in [3.05, 3.63) is 24.3 Å². The Kier molecular flexibility index (Phi) is 5.48. The van der Waals surface area contributed by atoms with Crippen LogP contribution in [0.2, 0.25) is 0 Å². The van der Waals surface area contributed by atoms with Crippen molar-refractivity contribution in [2.24, 2.45) is 0 Å². The number of carbonyl (C=O) groups is 1. The second-order valence-corrected chi connectivity index (χ2v) is 6.57. The number of benzene rings is 1. The zero-order chi connectivity index (χ0) is 16.2. The Morgan fingerprint density at radius 1 is 1.23 bits per heavy atom. The molecule has 1 aromatic carbocycles. The van der Waals surface area contributed by atoms with E-state index in [1.807, 2.05) is 0 Å². The highest BCUT2D eigenvalue weighted by molar-refractivity contribution is 7.89. The van der Waals surface area contributed by atoms with Crippen LogP contribution in [0, 0.1) is 0 Å². The van der Waals surface area contributed by atoms with Gasteiger partial charge in [0.2, 0.25) is 15.9 Å². The molecule has 0 bridgehead atoms. The van der Waals surface area contributed by atoms with Crippen LogP contribution in [0.15, 0.2) is 29.2 Å². The van der Waals surface area contributed by atoms with Gasteiger partial charge in [-0.1, -0.05) is 0 Å². The van der Waals surface area contributed by atoms with Crippen LogP contribution in [-0.4, -0.2) is 51.6 Å². The Morgan fingerprint density at radius 2 is 1.86 bits per heavy atom. The lowest BCUT2D eigenvalue weighted by Crippen LogP contribution is -2.46. The third kappa shape index (κ3) is 4.49. The van der Waals surface area contributed by atoms with E-state index in [1.165, 1.54) is 31.2 Å². The molecule has 2 rings (SSSR count). The molecule has 9 heteroatoms. The van der Waals surface area contributed by atoms with Crippen molar-refractivity contribution < 1.29 is 27.8 Å². The quantitative estimate of drug-likeness (QED) is 0.696. The average molecular weight is 330 g/mol. The Hall–Kier alpha value is -1.52. The minimum Gasteiger partial charge on any atom is -0.389 e. The van der Waals surface area contributed by atoms with Crippen molar-refractivity contribution >= 4 is 21.6 Å². The lowest BCUT2D eigenvalue weighted by molar-refractivity contribution is -0.114. The molecule has 0 saturated carbocycles. The summed E-state index contributed by atoms with van der Waals surface area (Å²) in [5.41, 5.74) is 0.498. The molecule has 1 heterocycles. The number of nitrogens with one attached hydrogen (secondary N) is 2. The number of ether oxygens (including phenoxy) is 2. The predicted octanol–water partition coefficient (Wildman–Crippen LogP) is -0.343. The maximum atomic E-state index is 12.3. The van der Waals surface area contributed by atoms with E-state index in [9.17, 15) is 18.3 Å². The summed E-state index contributed by atoms with van der Waals surface area (Å²) in [6.45, 7) is 1.39. The third-order valence-corrected chi connectivity index (χ3v) is 4.51. The molecule has 0 aromatic heterocycles. The monoisotopic (exact) mass is 330 g/mol. The lowest BCUT2D eigenvalue weighted by Gasteiger charge is -2.20. The second-order valence-electron chi connectivity index (χ2n) is 4.86. The summed E-state index contributed by atoms with van der Waals surface area (Å²) in [7, 11) is -3.81. The smallest absolute Gasteiger partial charge is 0.240 e. The van der Waals surface area contributed by atoms with E-state index in [-0.39, 0.29) is 30.8 Å². The van der Waals surface area contributed by atoms with Gasteiger partial charge >= 0.3 is 0 Å². The fraction of sp³-hybridized carbons (Fsp3) is 0.462. The largest absolute Gasteiger partial charge is 0.389 e. The van der Waals surface area contributed by atoms with Gasteiger partial charge in [0.25, 0.3) is 0 Å². The molecule has 22 heavy (non-hydrogen) atoms. The van der Waals surface area contributed by atoms with Crippen LogP contribution in [0.1, 0.15) is 6.92 Å². The molecule has 122 valence electrons. The van der Waals surface area contributed by atoms with Crippen molar-refractivity contribution in [2.75, 3.05) is 25.3 Å². The normalized spacial score (nSPS) is 22.8. The number of hydrogen-bond donors (Lipinski definition) is 3. The molecule has 1 fully saturated rings. The Bertz CT molecular complexity index is 616. The molecule has 1 aromatic rings. The number of aliphatic hydroxyl groups is 1. The fourth-order valence-corrected chi connectivity index (χ4v) is 3.18. The number of sulfonamides is 1. The van der Waals surface area contributed by atoms with E-state index in [0.29, 0.717) is 5.69 Å². The molecule has 1 saturated heterocycles. The summed E-state index contributed by atoms with van der Waals surface area (Å²) in [6, 6.07) is 4.92. The molecule has 0 spiro atoms. The van der Waals surface area contributed by atoms with Crippen LogP contribution >= 0.6 is 0 Å². The standard InChI is InChI=1S/C13H18N2O6S/c1-9(16)14-10-2-4-11(5-3-10)22(18,19)15-12-6-20-8-21-7-13(12)17/h2-5,12-13,15,17H,6-8H2,1H3,(H,14,16)/t12-,13+/m0/s1. The molecule has 8 nitrogen and oxygen atoms in total. The van der Waals surface area contributed by atoms with Gasteiger partial charge in [0, 0.05) is 12.6 Å². The predicted molar refractivity (Wildman–Crippen MR) is 77.6 cm³/mol. The van der Waals surface area contributed by atoms with Crippen molar-refractivity contribution in [3.63, 3.8) is 0 Å². The SMILES string of the molecule is CC(=O)Nc1ccc(S(=O)(=O)N[C@H]2COCOC[C@H]2O)cc1. The van der Waals surface area contributed by atoms with E-state index in [1.54, 1.807) is 0 Å². The van der Waals surface area contributed by atoms with Crippen molar-refractivity contribution in [1.82, 2.24) is 4.72 Å². The second kappa shape index (κ2) is 7.16. The van der Waals surface area contributed by atoms with Gasteiger partial charge < -0.3 is 19.9 Å². The fourth-order valence-electron chi connectivity index (χ4n) is 1.93. The molecular weight excluding hydrogens is 312 g/mol. The van der Waals surface area contributed by atoms with E-state index in [0.717, 1.165) is 0 Å². The summed E-state index contributed by atoms with van der Waals surface area (Å²) in [4.78, 5) is 11.0. The van der Waals surface area contributed by atoms with Gasteiger partial charge in [-0.3, -0.25) is 4.79 Å². The summed E-state index contributed by atoms with van der Waals surface area (Å²) in [6.07, 6.45) is -0.990. The number of anilines is 1. The van der Waals surface area contributed by atoms with Crippen molar-refractivity contribution in [3.8, 4) is 0 Å². The summed E-state index contributed by atoms with van der Waals surface area (Å²) >= 11 is 0. The van der Waals surface area contributed by atoms with Crippen LogP contribution in [-0.2, 0) is 24.3 Å². The van der Waals surface area contributed by atoms with Gasteiger partial charge in [-0.25, -0.2) is 13.1 Å². The Balaban J connectivity index is 2.10. The first-order valence-corrected chi connectivity index (χ1v) is 8.10. The van der Waals surface area contributed by atoms with Gasteiger partial charge in [0.05, 0.1) is 30.3 Å². The molecule has 3 N–H and O–H groups in total. The third-order valence-electron chi connectivity index (χ3n) is 3.01. The number of rotatable bonds is 4. The van der Waals surface area contributed by atoms with Gasteiger partial charge in [0.1, 0.15) is 6.79 Å². The van der Waals surface area contributed by atoms with Gasteiger partial charge in [-0.05, 0) is 24.3 Å². The van der Waals surface area contributed by atoms with Crippen molar-refractivity contribution in [1.29, 1.82) is 0 Å². The topological polar surface area (TPSA) is 114 Å². The zero-order valence-electron chi connectivity index (χ0n) is 12.0. The van der Waals surface area contributed by atoms with Crippen LogP contribution in [0.25, 0.3) is 0 Å². The zero-order valence-corrected chi connectivity index (χ0v) is 12.8. The maximum absolute atomic E-state index is 12.3. The van der Waals surface area contributed by atoms with E-state index in [2.05, 4.69) is 10.0 Å². The molecule has 0 radical (unpaired) electrons. The number of amides is 1. The molecule has 1 amide bonds. The molecule has 1 aliphatic rings.